The molecule has 1 heterocycles. The Hall–Kier alpha value is -1.38. The Labute approximate surface area is 110 Å². The van der Waals surface area contributed by atoms with Crippen LogP contribution < -0.4 is 4.72 Å². The number of nitrogens with one attached hydrogen (secondary N) is 1. The molecule has 0 aliphatic heterocycles. The van der Waals surface area contributed by atoms with Gasteiger partial charge in [-0.05, 0) is 25.8 Å². The fraction of sp³-hybridized carbons (Fsp3) is 0.545. The Morgan fingerprint density at radius 1 is 1.58 bits per heavy atom. The molecule has 1 atom stereocenters. The second kappa shape index (κ2) is 4.95. The van der Waals surface area contributed by atoms with Crippen molar-refractivity contribution in [1.82, 2.24) is 9.29 Å². The van der Waals surface area contributed by atoms with Crippen LogP contribution in [0.15, 0.2) is 17.2 Å². The van der Waals surface area contributed by atoms with Crippen LogP contribution in [0.3, 0.4) is 0 Å². The van der Waals surface area contributed by atoms with Gasteiger partial charge in [0, 0.05) is 18.3 Å². The van der Waals surface area contributed by atoms with Crippen LogP contribution in [0.1, 0.15) is 36.3 Å². The van der Waals surface area contributed by atoms with Crippen molar-refractivity contribution in [3.63, 3.8) is 0 Å². The van der Waals surface area contributed by atoms with Crippen molar-refractivity contribution in [2.45, 2.75) is 36.7 Å². The summed E-state index contributed by atoms with van der Waals surface area (Å²) < 4.78 is 27.8. The summed E-state index contributed by atoms with van der Waals surface area (Å²) in [6.07, 6.45) is 3.05. The third kappa shape index (κ3) is 2.96. The predicted octanol–water partition coefficient (Wildman–Crippen LogP) is 0.180. The summed E-state index contributed by atoms with van der Waals surface area (Å²) in [6.45, 7) is 1.20. The number of rotatable bonds is 6. The van der Waals surface area contributed by atoms with Gasteiger partial charge >= 0.3 is 5.97 Å². The lowest BCUT2D eigenvalue weighted by Crippen LogP contribution is -2.34. The molecule has 1 aromatic heterocycles. The molecule has 1 aliphatic carbocycles. The first-order valence-electron chi connectivity index (χ1n) is 5.93. The van der Waals surface area contributed by atoms with E-state index in [0.717, 1.165) is 18.9 Å². The zero-order valence-corrected chi connectivity index (χ0v) is 11.2. The van der Waals surface area contributed by atoms with Crippen LogP contribution >= 0.6 is 0 Å². The molecule has 1 saturated carbocycles. The molecule has 1 fully saturated rings. The second-order valence-electron chi connectivity index (χ2n) is 4.71. The minimum atomic E-state index is -3.81. The van der Waals surface area contributed by atoms with Crippen molar-refractivity contribution in [3.8, 4) is 0 Å². The fourth-order valence-electron chi connectivity index (χ4n) is 1.80. The normalized spacial score (nSPS) is 17.4. The number of aliphatic hydroxyl groups is 1. The maximum Gasteiger partial charge on any atom is 0.352 e. The molecule has 0 aromatic carbocycles. The summed E-state index contributed by atoms with van der Waals surface area (Å²) in [5.41, 5.74) is -0.0282. The van der Waals surface area contributed by atoms with Crippen LogP contribution in [0.4, 0.5) is 0 Å². The van der Waals surface area contributed by atoms with Gasteiger partial charge in [-0.15, -0.1) is 0 Å². The topological polar surface area (TPSA) is 109 Å². The molecule has 0 amide bonds. The lowest BCUT2D eigenvalue weighted by Gasteiger charge is -2.09. The maximum atomic E-state index is 12.0. The summed E-state index contributed by atoms with van der Waals surface area (Å²) >= 11 is 0. The van der Waals surface area contributed by atoms with Gasteiger partial charge in [0.05, 0.1) is 6.61 Å². The summed E-state index contributed by atoms with van der Waals surface area (Å²) in [5.74, 6) is -1.15. The first-order valence-corrected chi connectivity index (χ1v) is 7.42. The van der Waals surface area contributed by atoms with E-state index in [1.807, 2.05) is 0 Å². The van der Waals surface area contributed by atoms with E-state index in [1.54, 1.807) is 0 Å². The molecule has 3 N–H and O–H groups in total. The highest BCUT2D eigenvalue weighted by atomic mass is 32.2. The molecular formula is C11H16N2O5S. The van der Waals surface area contributed by atoms with Gasteiger partial charge in [0.25, 0.3) is 0 Å². The second-order valence-corrected chi connectivity index (χ2v) is 6.42. The highest BCUT2D eigenvalue weighted by Gasteiger charge is 2.30. The molecule has 8 heteroatoms. The largest absolute Gasteiger partial charge is 0.477 e. The highest BCUT2D eigenvalue weighted by molar-refractivity contribution is 7.89. The summed E-state index contributed by atoms with van der Waals surface area (Å²) in [5, 5.41) is 17.9. The highest BCUT2D eigenvalue weighted by Crippen LogP contribution is 2.37. The van der Waals surface area contributed by atoms with E-state index in [0.29, 0.717) is 0 Å². The average molecular weight is 288 g/mol. The van der Waals surface area contributed by atoms with Crippen molar-refractivity contribution in [1.29, 1.82) is 0 Å². The van der Waals surface area contributed by atoms with Gasteiger partial charge in [-0.2, -0.15) is 0 Å². The molecule has 0 radical (unpaired) electrons. The van der Waals surface area contributed by atoms with E-state index in [1.165, 1.54) is 17.7 Å². The number of carboxylic acid groups (broad SMARTS) is 1. The predicted molar refractivity (Wildman–Crippen MR) is 66.5 cm³/mol. The third-order valence-corrected chi connectivity index (χ3v) is 4.48. The molecule has 0 bridgehead atoms. The standard InChI is InChI=1S/C11H16N2O5S/c1-7(6-14)12-19(17,18)9-4-10(11(15)16)13(5-9)8-2-3-8/h4-5,7-8,12,14H,2-3,6H2,1H3,(H,15,16)/t7-/m0/s1. The van der Waals surface area contributed by atoms with Crippen LogP contribution in [0.5, 0.6) is 0 Å². The molecule has 0 spiro atoms. The van der Waals surface area contributed by atoms with Crippen LogP contribution in [0.2, 0.25) is 0 Å². The lowest BCUT2D eigenvalue weighted by atomic mass is 10.4. The van der Waals surface area contributed by atoms with E-state index in [2.05, 4.69) is 4.72 Å². The smallest absolute Gasteiger partial charge is 0.352 e. The van der Waals surface area contributed by atoms with Crippen molar-refractivity contribution in [2.75, 3.05) is 6.61 Å². The van der Waals surface area contributed by atoms with E-state index >= 15 is 0 Å². The molecule has 2 rings (SSSR count). The number of hydrogen-bond acceptors (Lipinski definition) is 4. The average Bonchev–Trinajstić information content (AvgIpc) is 3.06. The van der Waals surface area contributed by atoms with Gasteiger partial charge in [-0.25, -0.2) is 17.9 Å². The molecule has 19 heavy (non-hydrogen) atoms. The van der Waals surface area contributed by atoms with Crippen molar-refractivity contribution >= 4 is 16.0 Å². The number of sulfonamides is 1. The van der Waals surface area contributed by atoms with Crippen molar-refractivity contribution < 1.29 is 23.4 Å². The third-order valence-electron chi connectivity index (χ3n) is 2.92. The quantitative estimate of drug-likeness (QED) is 0.692. The Balaban J connectivity index is 2.35. The number of hydrogen-bond donors (Lipinski definition) is 3. The zero-order valence-electron chi connectivity index (χ0n) is 10.4. The molecule has 106 valence electrons. The molecule has 1 aromatic rings. The van der Waals surface area contributed by atoms with Gasteiger partial charge in [0.1, 0.15) is 10.6 Å². The Morgan fingerprint density at radius 2 is 2.21 bits per heavy atom. The van der Waals surface area contributed by atoms with Crippen LogP contribution in [0.25, 0.3) is 0 Å². The number of nitrogens with zero attached hydrogens (tertiary/aromatic N) is 1. The van der Waals surface area contributed by atoms with Crippen molar-refractivity contribution in [2.24, 2.45) is 0 Å². The van der Waals surface area contributed by atoms with E-state index in [4.69, 9.17) is 10.2 Å². The monoisotopic (exact) mass is 288 g/mol. The fourth-order valence-corrected chi connectivity index (χ4v) is 3.06. The van der Waals surface area contributed by atoms with Gasteiger partial charge in [0.2, 0.25) is 10.0 Å². The lowest BCUT2D eigenvalue weighted by molar-refractivity contribution is 0.0685. The van der Waals surface area contributed by atoms with Gasteiger partial charge in [-0.1, -0.05) is 0 Å². The minimum absolute atomic E-state index is 0.0282. The first-order chi connectivity index (χ1) is 8.85. The van der Waals surface area contributed by atoms with Gasteiger partial charge < -0.3 is 14.8 Å². The van der Waals surface area contributed by atoms with E-state index < -0.39 is 22.0 Å². The van der Waals surface area contributed by atoms with Crippen LogP contribution in [-0.2, 0) is 10.0 Å². The van der Waals surface area contributed by atoms with Crippen LogP contribution in [0, 0.1) is 0 Å². The Kier molecular flexibility index (Phi) is 3.66. The van der Waals surface area contributed by atoms with Gasteiger partial charge in [0.15, 0.2) is 0 Å². The van der Waals surface area contributed by atoms with E-state index in [-0.39, 0.29) is 23.2 Å². The molecular weight excluding hydrogens is 272 g/mol. The summed E-state index contributed by atoms with van der Waals surface area (Å²) in [7, 11) is -3.81. The number of aromatic carboxylic acids is 1. The first kappa shape index (κ1) is 14.0. The number of aliphatic hydroxyl groups excluding tert-OH is 1. The SMILES string of the molecule is C[C@@H](CO)NS(=O)(=O)c1cc(C(=O)O)n(C2CC2)c1. The minimum Gasteiger partial charge on any atom is -0.477 e. The zero-order chi connectivity index (χ0) is 14.2. The molecule has 1 aliphatic rings. The Bertz CT molecular complexity index is 588. The number of carbonyl (C=O) groups is 1. The summed E-state index contributed by atoms with van der Waals surface area (Å²) in [6, 6.07) is 0.598. The van der Waals surface area contributed by atoms with Crippen molar-refractivity contribution in [3.05, 3.63) is 18.0 Å². The molecule has 0 unspecified atom stereocenters. The van der Waals surface area contributed by atoms with Gasteiger partial charge in [-0.3, -0.25) is 0 Å². The number of carboxylic acids is 1. The Morgan fingerprint density at radius 3 is 2.68 bits per heavy atom. The maximum absolute atomic E-state index is 12.0. The van der Waals surface area contributed by atoms with E-state index in [9.17, 15) is 13.2 Å². The molecule has 7 nitrogen and oxygen atoms in total. The molecule has 0 saturated heterocycles. The van der Waals surface area contributed by atoms with Crippen LogP contribution in [-0.4, -0.2) is 41.8 Å². The summed E-state index contributed by atoms with van der Waals surface area (Å²) in [4.78, 5) is 11.0. The number of aromatic nitrogens is 1.